The molecule has 2 heterocycles. The smallest absolute Gasteiger partial charge is 0.358 e. The van der Waals surface area contributed by atoms with Gasteiger partial charge >= 0.3 is 17.6 Å². The van der Waals surface area contributed by atoms with E-state index in [0.717, 1.165) is 24.2 Å². The summed E-state index contributed by atoms with van der Waals surface area (Å²) in [6.45, 7) is 2.38. The second-order valence-corrected chi connectivity index (χ2v) is 10.4. The van der Waals surface area contributed by atoms with E-state index in [4.69, 9.17) is 4.52 Å². The first kappa shape index (κ1) is 20.6. The number of carbonyl (C=O) groups is 1. The first-order chi connectivity index (χ1) is 14.8. The van der Waals surface area contributed by atoms with Crippen LogP contribution in [0.2, 0.25) is 0 Å². The van der Waals surface area contributed by atoms with Gasteiger partial charge in [0.2, 0.25) is 0 Å². The third-order valence-electron chi connectivity index (χ3n) is 7.35. The van der Waals surface area contributed by atoms with E-state index < -0.39 is 4.92 Å². The molecule has 4 fully saturated rings. The number of nitrogens with one attached hydrogen (secondary N) is 1. The molecule has 0 unspecified atom stereocenters. The Kier molecular flexibility index (Phi) is 5.10. The van der Waals surface area contributed by atoms with E-state index in [1.807, 2.05) is 0 Å². The Hall–Kier alpha value is -2.30. The van der Waals surface area contributed by atoms with Crippen LogP contribution in [0.3, 0.4) is 0 Å². The number of hydrogen-bond acceptors (Lipinski definition) is 7. The summed E-state index contributed by atoms with van der Waals surface area (Å²) in [6, 6.07) is 0. The Labute approximate surface area is 187 Å². The van der Waals surface area contributed by atoms with Gasteiger partial charge in [-0.15, -0.1) is 0 Å². The van der Waals surface area contributed by atoms with Gasteiger partial charge in [0.15, 0.2) is 5.82 Å². The molecule has 0 aromatic carbocycles. The number of hydrogen-bond donors (Lipinski definition) is 1. The molecule has 2 aromatic heterocycles. The number of rotatable bonds is 7. The Bertz CT molecular complexity index is 996. The molecule has 4 saturated carbocycles. The SMILES string of the molecule is Cc1c(Br)c([N+](=O)[O-])nn1Cc1noc(C(=O)NCCC23CC4CC(CC(C4)C2)C3)n1. The molecule has 2 aromatic rings. The lowest BCUT2D eigenvalue weighted by molar-refractivity contribution is -0.390. The maximum absolute atomic E-state index is 12.5. The highest BCUT2D eigenvalue weighted by Gasteiger charge is 2.50. The van der Waals surface area contributed by atoms with Crippen LogP contribution in [-0.4, -0.2) is 37.3 Å². The molecule has 0 saturated heterocycles. The molecule has 0 spiro atoms. The van der Waals surface area contributed by atoms with E-state index in [1.54, 1.807) is 6.92 Å². The van der Waals surface area contributed by atoms with Crippen LogP contribution in [0, 0.1) is 40.2 Å². The number of aromatic nitrogens is 4. The van der Waals surface area contributed by atoms with Crippen molar-refractivity contribution in [2.75, 3.05) is 6.54 Å². The zero-order valence-electron chi connectivity index (χ0n) is 17.3. The Morgan fingerprint density at radius 1 is 1.29 bits per heavy atom. The molecular weight excluding hydrogens is 468 g/mol. The van der Waals surface area contributed by atoms with Crippen LogP contribution in [0.5, 0.6) is 0 Å². The molecule has 4 aliphatic carbocycles. The monoisotopic (exact) mass is 492 g/mol. The van der Waals surface area contributed by atoms with Crippen LogP contribution in [-0.2, 0) is 6.54 Å². The minimum Gasteiger partial charge on any atom is -0.358 e. The number of amides is 1. The third kappa shape index (κ3) is 3.88. The fourth-order valence-corrected chi connectivity index (χ4v) is 6.87. The molecule has 0 radical (unpaired) electrons. The molecule has 0 aliphatic heterocycles. The number of carbonyl (C=O) groups excluding carboxylic acids is 1. The van der Waals surface area contributed by atoms with Crippen molar-refractivity contribution in [2.24, 2.45) is 23.2 Å². The van der Waals surface area contributed by atoms with Crippen molar-refractivity contribution < 1.29 is 14.2 Å². The Morgan fingerprint density at radius 3 is 2.52 bits per heavy atom. The molecule has 11 heteroatoms. The second-order valence-electron chi connectivity index (χ2n) is 9.58. The normalized spacial score (nSPS) is 28.8. The van der Waals surface area contributed by atoms with E-state index >= 15 is 0 Å². The summed E-state index contributed by atoms with van der Waals surface area (Å²) in [4.78, 5) is 27.1. The molecule has 4 aliphatic rings. The fraction of sp³-hybridized carbons (Fsp3) is 0.700. The van der Waals surface area contributed by atoms with Crippen LogP contribution < -0.4 is 5.32 Å². The van der Waals surface area contributed by atoms with Crippen molar-refractivity contribution >= 4 is 27.7 Å². The standard InChI is InChI=1S/C20H25BrN6O4/c1-11-16(21)17(27(29)30)24-26(11)10-15-23-19(31-25-15)18(28)22-3-2-20-7-12-4-13(8-20)6-14(5-12)9-20/h12-14H,2-10H2,1H3,(H,22,28). The van der Waals surface area contributed by atoms with E-state index in [-0.39, 0.29) is 30.0 Å². The van der Waals surface area contributed by atoms with Crippen molar-refractivity contribution in [3.05, 3.63) is 32.0 Å². The summed E-state index contributed by atoms with van der Waals surface area (Å²) in [5.74, 6) is 2.15. The molecule has 4 bridgehead atoms. The van der Waals surface area contributed by atoms with E-state index in [9.17, 15) is 14.9 Å². The van der Waals surface area contributed by atoms with Gasteiger partial charge in [-0.3, -0.25) is 4.79 Å². The van der Waals surface area contributed by atoms with Gasteiger partial charge in [-0.2, -0.15) is 9.67 Å². The van der Waals surface area contributed by atoms with Crippen LogP contribution in [0.4, 0.5) is 5.82 Å². The van der Waals surface area contributed by atoms with Gasteiger partial charge in [-0.1, -0.05) is 5.16 Å². The summed E-state index contributed by atoms with van der Waals surface area (Å²) < 4.78 is 6.82. The predicted octanol–water partition coefficient (Wildman–Crippen LogP) is 3.63. The Balaban J connectivity index is 1.17. The average Bonchev–Trinajstić information content (AvgIpc) is 3.27. The van der Waals surface area contributed by atoms with Gasteiger partial charge in [-0.05, 0) is 95.9 Å². The molecule has 10 nitrogen and oxygen atoms in total. The molecule has 0 atom stereocenters. The number of halogens is 1. The third-order valence-corrected chi connectivity index (χ3v) is 8.28. The molecule has 1 amide bonds. The molecule has 6 rings (SSSR count). The molecule has 166 valence electrons. The minimum absolute atomic E-state index is 0.0718. The second kappa shape index (κ2) is 7.68. The summed E-state index contributed by atoms with van der Waals surface area (Å²) in [5.41, 5.74) is 0.972. The maximum Gasteiger partial charge on any atom is 0.404 e. The lowest BCUT2D eigenvalue weighted by Crippen LogP contribution is -2.47. The quantitative estimate of drug-likeness (QED) is 0.461. The summed E-state index contributed by atoms with van der Waals surface area (Å²) in [6.07, 6.45) is 9.16. The fourth-order valence-electron chi connectivity index (χ4n) is 6.44. The zero-order valence-corrected chi connectivity index (χ0v) is 18.9. The number of nitro groups is 1. The minimum atomic E-state index is -0.563. The highest BCUT2D eigenvalue weighted by Crippen LogP contribution is 2.61. The van der Waals surface area contributed by atoms with Gasteiger partial charge in [0.05, 0.1) is 10.8 Å². The van der Waals surface area contributed by atoms with Gasteiger partial charge in [0.25, 0.3) is 0 Å². The van der Waals surface area contributed by atoms with Crippen molar-refractivity contribution in [2.45, 2.75) is 58.4 Å². The maximum atomic E-state index is 12.5. The van der Waals surface area contributed by atoms with Gasteiger partial charge in [-0.25, -0.2) is 0 Å². The van der Waals surface area contributed by atoms with Crippen molar-refractivity contribution in [3.63, 3.8) is 0 Å². The zero-order chi connectivity index (χ0) is 21.8. The average molecular weight is 493 g/mol. The summed E-state index contributed by atoms with van der Waals surface area (Å²) in [7, 11) is 0. The largest absolute Gasteiger partial charge is 0.404 e. The van der Waals surface area contributed by atoms with Crippen LogP contribution >= 0.6 is 15.9 Å². The van der Waals surface area contributed by atoms with Crippen molar-refractivity contribution in [1.29, 1.82) is 0 Å². The lowest BCUT2D eigenvalue weighted by Gasteiger charge is -2.57. The van der Waals surface area contributed by atoms with Gasteiger partial charge < -0.3 is 20.0 Å². The van der Waals surface area contributed by atoms with Crippen molar-refractivity contribution in [1.82, 2.24) is 25.2 Å². The van der Waals surface area contributed by atoms with Crippen LogP contribution in [0.1, 0.15) is 67.1 Å². The van der Waals surface area contributed by atoms with Crippen LogP contribution in [0.15, 0.2) is 9.00 Å². The van der Waals surface area contributed by atoms with E-state index in [0.29, 0.717) is 22.1 Å². The summed E-state index contributed by atoms with van der Waals surface area (Å²) >= 11 is 3.18. The lowest BCUT2D eigenvalue weighted by atomic mass is 9.49. The first-order valence-corrected chi connectivity index (χ1v) is 11.6. The van der Waals surface area contributed by atoms with Gasteiger partial charge in [0, 0.05) is 6.54 Å². The van der Waals surface area contributed by atoms with Gasteiger partial charge in [0.1, 0.15) is 11.0 Å². The number of nitrogens with zero attached hydrogens (tertiary/aromatic N) is 5. The topological polar surface area (TPSA) is 129 Å². The first-order valence-electron chi connectivity index (χ1n) is 10.8. The predicted molar refractivity (Wildman–Crippen MR) is 112 cm³/mol. The van der Waals surface area contributed by atoms with Crippen LogP contribution in [0.25, 0.3) is 0 Å². The molecule has 31 heavy (non-hydrogen) atoms. The highest BCUT2D eigenvalue weighted by molar-refractivity contribution is 9.10. The van der Waals surface area contributed by atoms with Crippen molar-refractivity contribution in [3.8, 4) is 0 Å². The van der Waals surface area contributed by atoms with E-state index in [2.05, 4.69) is 36.5 Å². The van der Waals surface area contributed by atoms with E-state index in [1.165, 1.54) is 43.2 Å². The summed E-state index contributed by atoms with van der Waals surface area (Å²) in [5, 5.41) is 21.7. The molecular formula is C20H25BrN6O4. The Morgan fingerprint density at radius 2 is 1.94 bits per heavy atom. The highest BCUT2D eigenvalue weighted by atomic mass is 79.9. The molecule has 1 N–H and O–H groups in total.